The Morgan fingerprint density at radius 1 is 0.920 bits per heavy atom. The summed E-state index contributed by atoms with van der Waals surface area (Å²) in [6.45, 7) is 7.05. The lowest BCUT2D eigenvalue weighted by atomic mass is 9.92. The first kappa shape index (κ1) is 21.2. The summed E-state index contributed by atoms with van der Waals surface area (Å²) in [6.07, 6.45) is 6.98. The Morgan fingerprint density at radius 3 is 2.28 bits per heavy atom. The zero-order valence-corrected chi connectivity index (χ0v) is 16.7. The molecule has 0 aliphatic carbocycles. The number of nitrogens with one attached hydrogen (secondary N) is 1. The van der Waals surface area contributed by atoms with Gasteiger partial charge in [-0.15, -0.1) is 24.8 Å². The Morgan fingerprint density at radius 2 is 1.64 bits per heavy atom. The number of rotatable bonds is 2. The van der Waals surface area contributed by atoms with Gasteiger partial charge in [-0.3, -0.25) is 4.79 Å². The molecule has 0 saturated carbocycles. The number of nitrogens with zero attached hydrogens (tertiary/aromatic N) is 2. The Balaban J connectivity index is 0.00000113. The van der Waals surface area contributed by atoms with Gasteiger partial charge >= 0.3 is 0 Å². The van der Waals surface area contributed by atoms with Crippen molar-refractivity contribution in [2.45, 2.75) is 50.6 Å². The fourth-order valence-corrected chi connectivity index (χ4v) is 4.94. The van der Waals surface area contributed by atoms with Gasteiger partial charge in [0, 0.05) is 44.3 Å². The molecule has 5 aliphatic heterocycles. The number of hydrogen-bond donors (Lipinski definition) is 1. The van der Waals surface area contributed by atoms with Crippen LogP contribution in [0.4, 0.5) is 0 Å². The summed E-state index contributed by atoms with van der Waals surface area (Å²) in [7, 11) is 0. The number of piperidine rings is 2. The molecule has 2 bridgehead atoms. The van der Waals surface area contributed by atoms with Gasteiger partial charge in [0.2, 0.25) is 5.91 Å². The van der Waals surface area contributed by atoms with E-state index >= 15 is 0 Å². The predicted molar refractivity (Wildman–Crippen MR) is 104 cm³/mol. The van der Waals surface area contributed by atoms with E-state index in [-0.39, 0.29) is 30.7 Å². The summed E-state index contributed by atoms with van der Waals surface area (Å²) in [5, 5.41) is 3.60. The van der Waals surface area contributed by atoms with Crippen molar-refractivity contribution in [3.05, 3.63) is 0 Å². The fourth-order valence-electron chi connectivity index (χ4n) is 4.94. The van der Waals surface area contributed by atoms with Gasteiger partial charge in [-0.1, -0.05) is 0 Å². The molecule has 7 heteroatoms. The molecule has 146 valence electrons. The molecule has 5 rings (SSSR count). The second kappa shape index (κ2) is 9.75. The third-order valence-corrected chi connectivity index (χ3v) is 6.44. The molecular formula is C18H33Cl2N3O2. The molecule has 1 N–H and O–H groups in total. The van der Waals surface area contributed by atoms with E-state index in [0.29, 0.717) is 23.9 Å². The van der Waals surface area contributed by atoms with Gasteiger partial charge in [0.15, 0.2) is 0 Å². The van der Waals surface area contributed by atoms with Crippen molar-refractivity contribution in [1.29, 1.82) is 0 Å². The Hall–Kier alpha value is -0.0700. The maximum atomic E-state index is 13.0. The van der Waals surface area contributed by atoms with Crippen LogP contribution < -0.4 is 5.32 Å². The summed E-state index contributed by atoms with van der Waals surface area (Å²) < 4.78 is 5.47. The minimum Gasteiger partial charge on any atom is -0.381 e. The van der Waals surface area contributed by atoms with Crippen LogP contribution in [0.5, 0.6) is 0 Å². The summed E-state index contributed by atoms with van der Waals surface area (Å²) in [5.74, 6) is 1.39. The molecule has 0 aromatic carbocycles. The molecule has 0 spiro atoms. The van der Waals surface area contributed by atoms with E-state index in [9.17, 15) is 4.79 Å². The average Bonchev–Trinajstić information content (AvgIpc) is 2.96. The highest BCUT2D eigenvalue weighted by molar-refractivity contribution is 5.85. The topological polar surface area (TPSA) is 44.8 Å². The number of halogens is 2. The van der Waals surface area contributed by atoms with Crippen LogP contribution in [0.25, 0.3) is 0 Å². The van der Waals surface area contributed by atoms with E-state index in [4.69, 9.17) is 4.74 Å². The second-order valence-corrected chi connectivity index (χ2v) is 7.95. The molecule has 0 radical (unpaired) electrons. The Bertz CT molecular complexity index is 405. The van der Waals surface area contributed by atoms with Crippen molar-refractivity contribution >= 4 is 30.7 Å². The van der Waals surface area contributed by atoms with Crippen molar-refractivity contribution in [2.75, 3.05) is 45.9 Å². The van der Waals surface area contributed by atoms with Crippen molar-refractivity contribution in [1.82, 2.24) is 15.1 Å². The fraction of sp³-hybridized carbons (Fsp3) is 0.944. The molecule has 2 atom stereocenters. The number of carbonyl (C=O) groups excluding carboxylic acids is 1. The van der Waals surface area contributed by atoms with Gasteiger partial charge in [0.1, 0.15) is 0 Å². The van der Waals surface area contributed by atoms with Gasteiger partial charge in [0.25, 0.3) is 0 Å². The number of amides is 1. The van der Waals surface area contributed by atoms with Crippen LogP contribution in [-0.4, -0.2) is 73.7 Å². The lowest BCUT2D eigenvalue weighted by Crippen LogP contribution is -2.48. The van der Waals surface area contributed by atoms with Crippen LogP contribution in [0.3, 0.4) is 0 Å². The summed E-state index contributed by atoms with van der Waals surface area (Å²) in [4.78, 5) is 17.8. The number of carbonyl (C=O) groups is 1. The molecule has 5 heterocycles. The zero-order valence-electron chi connectivity index (χ0n) is 15.0. The van der Waals surface area contributed by atoms with Gasteiger partial charge in [0.05, 0.1) is 0 Å². The molecule has 1 amide bonds. The van der Waals surface area contributed by atoms with Crippen LogP contribution in [0.2, 0.25) is 0 Å². The van der Waals surface area contributed by atoms with Crippen molar-refractivity contribution in [3.8, 4) is 0 Å². The first-order chi connectivity index (χ1) is 11.3. The lowest BCUT2D eigenvalue weighted by Gasteiger charge is -2.39. The SMILES string of the molecule is Cl.Cl.O=C(C1CCN(C2CCOCC2)CC1)N1C[C@H]2CC[C@@H](C1)NC2. The third-order valence-electron chi connectivity index (χ3n) is 6.44. The van der Waals surface area contributed by atoms with E-state index in [0.717, 1.165) is 58.8 Å². The average molecular weight is 394 g/mol. The zero-order chi connectivity index (χ0) is 15.6. The molecule has 5 nitrogen and oxygen atoms in total. The smallest absolute Gasteiger partial charge is 0.225 e. The Kier molecular flexibility index (Phi) is 8.28. The van der Waals surface area contributed by atoms with E-state index in [1.54, 1.807) is 0 Å². The van der Waals surface area contributed by atoms with Gasteiger partial charge in [-0.2, -0.15) is 0 Å². The molecule has 5 saturated heterocycles. The minimum atomic E-state index is 0. The number of likely N-dealkylation sites (tertiary alicyclic amines) is 1. The number of fused-ring (bicyclic) bond motifs is 4. The summed E-state index contributed by atoms with van der Waals surface area (Å²) in [5.41, 5.74) is 0. The van der Waals surface area contributed by atoms with E-state index in [1.807, 2.05) is 0 Å². The van der Waals surface area contributed by atoms with Crippen molar-refractivity contribution < 1.29 is 9.53 Å². The molecule has 5 fully saturated rings. The first-order valence-corrected chi connectivity index (χ1v) is 9.63. The summed E-state index contributed by atoms with van der Waals surface area (Å²) >= 11 is 0. The van der Waals surface area contributed by atoms with Gasteiger partial charge in [-0.05, 0) is 64.1 Å². The summed E-state index contributed by atoms with van der Waals surface area (Å²) in [6, 6.07) is 1.23. The lowest BCUT2D eigenvalue weighted by molar-refractivity contribution is -0.137. The number of ether oxygens (including phenoxy) is 1. The quantitative estimate of drug-likeness (QED) is 0.778. The highest BCUT2D eigenvalue weighted by atomic mass is 35.5. The molecular weight excluding hydrogens is 361 g/mol. The van der Waals surface area contributed by atoms with Gasteiger partial charge in [-0.25, -0.2) is 0 Å². The van der Waals surface area contributed by atoms with Crippen LogP contribution in [0, 0.1) is 11.8 Å². The van der Waals surface area contributed by atoms with E-state index < -0.39 is 0 Å². The van der Waals surface area contributed by atoms with E-state index in [2.05, 4.69) is 15.1 Å². The minimum absolute atomic E-state index is 0. The van der Waals surface area contributed by atoms with Crippen LogP contribution in [-0.2, 0) is 9.53 Å². The number of hydrogen-bond acceptors (Lipinski definition) is 4. The monoisotopic (exact) mass is 393 g/mol. The highest BCUT2D eigenvalue weighted by Gasteiger charge is 2.36. The molecule has 0 unspecified atom stereocenters. The maximum absolute atomic E-state index is 13.0. The van der Waals surface area contributed by atoms with Gasteiger partial charge < -0.3 is 19.9 Å². The Labute approximate surface area is 164 Å². The predicted octanol–water partition coefficient (Wildman–Crippen LogP) is 1.93. The van der Waals surface area contributed by atoms with Crippen LogP contribution in [0.1, 0.15) is 38.5 Å². The van der Waals surface area contributed by atoms with Crippen LogP contribution in [0.15, 0.2) is 0 Å². The second-order valence-electron chi connectivity index (χ2n) is 7.95. The standard InChI is InChI=1S/C18H31N3O2.2ClH/c22-18(21-12-14-1-2-16(13-21)19-11-14)15-3-7-20(8-4-15)17-5-9-23-10-6-17;;/h14-17,19H,1-13H2;2*1H/t14-,16-;;/m0../s1. The van der Waals surface area contributed by atoms with E-state index in [1.165, 1.54) is 25.7 Å². The largest absolute Gasteiger partial charge is 0.381 e. The third kappa shape index (κ3) is 5.01. The molecule has 0 aromatic heterocycles. The maximum Gasteiger partial charge on any atom is 0.225 e. The molecule has 25 heavy (non-hydrogen) atoms. The molecule has 5 aliphatic rings. The highest BCUT2D eigenvalue weighted by Crippen LogP contribution is 2.27. The first-order valence-electron chi connectivity index (χ1n) is 9.63. The normalized spacial score (nSPS) is 31.8. The molecule has 0 aromatic rings. The van der Waals surface area contributed by atoms with Crippen LogP contribution >= 0.6 is 24.8 Å². The van der Waals surface area contributed by atoms with Crippen molar-refractivity contribution in [3.63, 3.8) is 0 Å². The van der Waals surface area contributed by atoms with Crippen molar-refractivity contribution in [2.24, 2.45) is 11.8 Å².